The molecule has 2 aliphatic rings. The Morgan fingerprint density at radius 3 is 2.30 bits per heavy atom. The van der Waals surface area contributed by atoms with E-state index in [1.165, 1.54) is 69.8 Å². The van der Waals surface area contributed by atoms with Gasteiger partial charge in [-0.3, -0.25) is 4.79 Å². The highest BCUT2D eigenvalue weighted by Gasteiger charge is 2.29. The summed E-state index contributed by atoms with van der Waals surface area (Å²) in [5.41, 5.74) is 3.52. The van der Waals surface area contributed by atoms with Crippen LogP contribution in [-0.4, -0.2) is 12.9 Å². The van der Waals surface area contributed by atoms with Gasteiger partial charge in [0.15, 0.2) is 17.3 Å². The molecule has 0 spiro atoms. The number of ketones is 1. The van der Waals surface area contributed by atoms with E-state index in [2.05, 4.69) is 31.2 Å². The highest BCUT2D eigenvalue weighted by atomic mass is 19.2. The number of carbonyl (C=O) groups excluding carboxylic acids is 1. The summed E-state index contributed by atoms with van der Waals surface area (Å²) in [6.07, 6.45) is 11.9. The van der Waals surface area contributed by atoms with Gasteiger partial charge in [-0.25, -0.2) is 4.39 Å². The Morgan fingerprint density at radius 1 is 0.939 bits per heavy atom. The summed E-state index contributed by atoms with van der Waals surface area (Å²) in [5, 5.41) is 0. The van der Waals surface area contributed by atoms with Gasteiger partial charge in [0.05, 0.1) is 13.0 Å². The molecule has 0 aromatic heterocycles. The summed E-state index contributed by atoms with van der Waals surface area (Å²) in [4.78, 5) is 12.8. The zero-order valence-corrected chi connectivity index (χ0v) is 19.7. The van der Waals surface area contributed by atoms with E-state index < -0.39 is 17.6 Å². The van der Waals surface area contributed by atoms with Crippen molar-refractivity contribution in [3.8, 4) is 5.75 Å². The van der Waals surface area contributed by atoms with Crippen molar-refractivity contribution in [3.63, 3.8) is 0 Å². The van der Waals surface area contributed by atoms with Gasteiger partial charge in [0.25, 0.3) is 0 Å². The lowest BCUT2D eigenvalue weighted by atomic mass is 9.76. The highest BCUT2D eigenvalue weighted by Crippen LogP contribution is 2.40. The van der Waals surface area contributed by atoms with E-state index in [0.29, 0.717) is 18.8 Å². The molecule has 4 rings (SSSR count). The van der Waals surface area contributed by atoms with E-state index in [0.717, 1.165) is 17.1 Å². The lowest BCUT2D eigenvalue weighted by Crippen LogP contribution is -2.17. The van der Waals surface area contributed by atoms with Crippen LogP contribution >= 0.6 is 0 Å². The molecule has 2 aromatic rings. The Kier molecular flexibility index (Phi) is 7.62. The molecule has 0 saturated heterocycles. The van der Waals surface area contributed by atoms with Crippen molar-refractivity contribution < 1.29 is 18.3 Å². The first-order valence-corrected chi connectivity index (χ1v) is 12.4. The van der Waals surface area contributed by atoms with Gasteiger partial charge < -0.3 is 4.74 Å². The molecule has 0 radical (unpaired) electrons. The molecular formula is C29H34F2O2. The first-order chi connectivity index (χ1) is 16.0. The smallest absolute Gasteiger partial charge is 0.200 e. The third-order valence-corrected chi connectivity index (χ3v) is 7.60. The molecule has 0 N–H and O–H groups in total. The van der Waals surface area contributed by atoms with Crippen LogP contribution in [0.2, 0.25) is 0 Å². The van der Waals surface area contributed by atoms with Crippen molar-refractivity contribution in [2.75, 3.05) is 7.11 Å². The third-order valence-electron chi connectivity index (χ3n) is 7.60. The van der Waals surface area contributed by atoms with Crippen molar-refractivity contribution in [3.05, 3.63) is 70.8 Å². The Balaban J connectivity index is 1.42. The summed E-state index contributed by atoms with van der Waals surface area (Å²) in [5.74, 6) is -1.46. The summed E-state index contributed by atoms with van der Waals surface area (Å²) >= 11 is 0. The van der Waals surface area contributed by atoms with Crippen LogP contribution < -0.4 is 4.74 Å². The Hall–Kier alpha value is -2.49. The molecule has 176 valence electrons. The van der Waals surface area contributed by atoms with Crippen LogP contribution in [0.5, 0.6) is 5.75 Å². The maximum atomic E-state index is 14.5. The molecule has 1 atom stereocenters. The van der Waals surface area contributed by atoms with Crippen LogP contribution in [0, 0.1) is 17.6 Å². The van der Waals surface area contributed by atoms with Crippen molar-refractivity contribution in [1.29, 1.82) is 0 Å². The van der Waals surface area contributed by atoms with Crippen LogP contribution in [0.3, 0.4) is 0 Å². The van der Waals surface area contributed by atoms with Gasteiger partial charge in [0.1, 0.15) is 0 Å². The number of benzene rings is 2. The first-order valence-electron chi connectivity index (χ1n) is 12.4. The number of rotatable bonds is 7. The number of allylic oxidation sites excluding steroid dienone is 2. The fourth-order valence-electron chi connectivity index (χ4n) is 5.54. The van der Waals surface area contributed by atoms with Gasteiger partial charge in [-0.2, -0.15) is 4.39 Å². The topological polar surface area (TPSA) is 26.3 Å². The Morgan fingerprint density at radius 2 is 1.67 bits per heavy atom. The molecule has 1 unspecified atom stereocenters. The number of carbonyl (C=O) groups is 1. The zero-order chi connectivity index (χ0) is 23.4. The molecule has 0 amide bonds. The molecule has 2 aromatic carbocycles. The largest absolute Gasteiger partial charge is 0.494 e. The summed E-state index contributed by atoms with van der Waals surface area (Å²) in [6.45, 7) is 2.26. The molecular weight excluding hydrogens is 418 g/mol. The molecule has 0 aliphatic heterocycles. The molecule has 2 nitrogen and oxygen atoms in total. The molecule has 0 bridgehead atoms. The number of ether oxygens (including phenoxy) is 1. The molecule has 33 heavy (non-hydrogen) atoms. The van der Waals surface area contributed by atoms with Crippen LogP contribution in [0.15, 0.2) is 42.5 Å². The van der Waals surface area contributed by atoms with E-state index >= 15 is 0 Å². The lowest BCUT2D eigenvalue weighted by molar-refractivity contribution is -0.116. The van der Waals surface area contributed by atoms with Gasteiger partial charge in [0, 0.05) is 5.56 Å². The average molecular weight is 453 g/mol. The minimum absolute atomic E-state index is 0.110. The Bertz CT molecular complexity index is 1000. The monoisotopic (exact) mass is 452 g/mol. The minimum Gasteiger partial charge on any atom is -0.494 e. The number of hydrogen-bond acceptors (Lipinski definition) is 2. The molecule has 1 saturated carbocycles. The molecule has 1 fully saturated rings. The third kappa shape index (κ3) is 5.20. The van der Waals surface area contributed by atoms with Gasteiger partial charge in [-0.05, 0) is 79.2 Å². The number of methoxy groups -OCH3 is 1. The SMILES string of the molecule is CCCCC1CCC(c2ccc(C3=CC(=O)C(c4ccc(OC)c(F)c4F)CC3)cc2)CC1. The maximum Gasteiger partial charge on any atom is 0.200 e. The average Bonchev–Trinajstić information content (AvgIpc) is 2.85. The summed E-state index contributed by atoms with van der Waals surface area (Å²) in [6, 6.07) is 11.5. The second-order valence-electron chi connectivity index (χ2n) is 9.63. The van der Waals surface area contributed by atoms with Gasteiger partial charge in [-0.1, -0.05) is 56.5 Å². The predicted molar refractivity (Wildman–Crippen MR) is 129 cm³/mol. The number of unbranched alkanes of at least 4 members (excludes halogenated alkanes) is 1. The van der Waals surface area contributed by atoms with Crippen molar-refractivity contribution in [2.45, 2.75) is 76.5 Å². The second-order valence-corrected chi connectivity index (χ2v) is 9.63. The van der Waals surface area contributed by atoms with Crippen molar-refractivity contribution in [1.82, 2.24) is 0 Å². The number of hydrogen-bond donors (Lipinski definition) is 0. The van der Waals surface area contributed by atoms with Crippen LogP contribution in [0.25, 0.3) is 5.57 Å². The standard InChI is InChI=1S/C29H34F2O2/c1-3-4-5-19-6-8-20(9-7-19)21-10-12-22(13-11-21)23-14-15-24(26(32)18-23)25-16-17-27(33-2)29(31)28(25)30/h10-13,16-20,24H,3-9,14-15H2,1-2H3. The highest BCUT2D eigenvalue weighted by molar-refractivity contribution is 6.02. The van der Waals surface area contributed by atoms with Gasteiger partial charge in [-0.15, -0.1) is 0 Å². The maximum absolute atomic E-state index is 14.5. The predicted octanol–water partition coefficient (Wildman–Crippen LogP) is 7.97. The van der Waals surface area contributed by atoms with Crippen LogP contribution in [0.1, 0.15) is 93.2 Å². The van der Waals surface area contributed by atoms with Gasteiger partial charge in [0.2, 0.25) is 5.82 Å². The normalized spacial score (nSPS) is 23.3. The first kappa shape index (κ1) is 23.7. The van der Waals surface area contributed by atoms with E-state index in [9.17, 15) is 13.6 Å². The molecule has 0 heterocycles. The van der Waals surface area contributed by atoms with E-state index in [4.69, 9.17) is 4.74 Å². The second kappa shape index (κ2) is 10.6. The van der Waals surface area contributed by atoms with E-state index in [1.807, 2.05) is 0 Å². The zero-order valence-electron chi connectivity index (χ0n) is 19.7. The van der Waals surface area contributed by atoms with E-state index in [-0.39, 0.29) is 17.1 Å². The lowest BCUT2D eigenvalue weighted by Gasteiger charge is -2.29. The van der Waals surface area contributed by atoms with Crippen molar-refractivity contribution >= 4 is 11.4 Å². The van der Waals surface area contributed by atoms with Crippen molar-refractivity contribution in [2.24, 2.45) is 5.92 Å². The molecule has 2 aliphatic carbocycles. The summed E-state index contributed by atoms with van der Waals surface area (Å²) in [7, 11) is 1.29. The number of halogens is 2. The van der Waals surface area contributed by atoms with Crippen LogP contribution in [0.4, 0.5) is 8.78 Å². The fourth-order valence-corrected chi connectivity index (χ4v) is 5.54. The quantitative estimate of drug-likeness (QED) is 0.426. The van der Waals surface area contributed by atoms with E-state index in [1.54, 1.807) is 6.08 Å². The van der Waals surface area contributed by atoms with Gasteiger partial charge >= 0.3 is 0 Å². The summed E-state index contributed by atoms with van der Waals surface area (Å²) < 4.78 is 33.5. The molecule has 4 heteroatoms. The minimum atomic E-state index is -1.03. The fraction of sp³-hybridized carbons (Fsp3) is 0.483. The van der Waals surface area contributed by atoms with Crippen LogP contribution in [-0.2, 0) is 4.79 Å². The Labute approximate surface area is 196 Å².